The minimum atomic E-state index is 0.119. The van der Waals surface area contributed by atoms with Gasteiger partial charge in [-0.15, -0.1) is 0 Å². The largest absolute Gasteiger partial charge is 0.232 e. The van der Waals surface area contributed by atoms with Gasteiger partial charge in [0.15, 0.2) is 0 Å². The summed E-state index contributed by atoms with van der Waals surface area (Å²) in [5, 5.41) is 8.15. The number of rotatable bonds is 4. The van der Waals surface area contributed by atoms with Crippen LogP contribution in [0.2, 0.25) is 0 Å². The molecule has 0 aliphatic carbocycles. The maximum atomic E-state index is 8.15. The highest BCUT2D eigenvalue weighted by Gasteiger charge is 1.89. The molecule has 0 radical (unpaired) electrons. The number of nitriles is 1. The van der Waals surface area contributed by atoms with Crippen LogP contribution in [0.25, 0.3) is 0 Å². The topological polar surface area (TPSA) is 23.8 Å². The van der Waals surface area contributed by atoms with Crippen molar-refractivity contribution in [2.45, 2.75) is 26.2 Å². The zero-order chi connectivity index (χ0) is 6.24. The van der Waals surface area contributed by atoms with Crippen LogP contribution in [0, 0.1) is 11.1 Å². The van der Waals surface area contributed by atoms with E-state index < -0.39 is 0 Å². The van der Waals surface area contributed by atoms with Crippen molar-refractivity contribution in [3.8, 4) is 5.81 Å². The maximum absolute atomic E-state index is 8.15. The Hall–Kier alpha value is -0.0800. The lowest BCUT2D eigenvalue weighted by Crippen LogP contribution is -1.73. The van der Waals surface area contributed by atoms with Gasteiger partial charge in [-0.2, -0.15) is 5.26 Å². The van der Waals surface area contributed by atoms with Gasteiger partial charge in [0.05, 0.1) is 14.7 Å². The van der Waals surface area contributed by atoms with Crippen molar-refractivity contribution >= 4 is 8.58 Å². The molecule has 0 bridgehead atoms. The van der Waals surface area contributed by atoms with Crippen molar-refractivity contribution in [3.63, 3.8) is 0 Å². The molecule has 0 rings (SSSR count). The van der Waals surface area contributed by atoms with Crippen LogP contribution in [-0.2, 0) is 0 Å². The van der Waals surface area contributed by atoms with Crippen LogP contribution in [0.1, 0.15) is 26.2 Å². The molecule has 0 aliphatic rings. The predicted molar refractivity (Wildman–Crippen MR) is 39.7 cm³/mol. The van der Waals surface area contributed by atoms with E-state index in [9.17, 15) is 0 Å². The average molecular weight is 130 g/mol. The molecule has 0 fully saturated rings. The van der Waals surface area contributed by atoms with E-state index in [1.807, 2.05) is 0 Å². The van der Waals surface area contributed by atoms with E-state index in [2.05, 4.69) is 12.7 Å². The first-order valence-corrected chi connectivity index (χ1v) is 4.52. The molecule has 0 aromatic heterocycles. The monoisotopic (exact) mass is 130 g/mol. The van der Waals surface area contributed by atoms with Crippen LogP contribution in [0.5, 0.6) is 0 Å². The Labute approximate surface area is 52.9 Å². The van der Waals surface area contributed by atoms with Crippen LogP contribution in [0.15, 0.2) is 0 Å². The Morgan fingerprint density at radius 1 is 1.50 bits per heavy atom. The van der Waals surface area contributed by atoms with Crippen molar-refractivity contribution < 1.29 is 0 Å². The molecule has 46 valence electrons. The van der Waals surface area contributed by atoms with E-state index in [1.165, 1.54) is 25.4 Å². The first kappa shape index (κ1) is 7.92. The Kier molecular flexibility index (Phi) is 6.85. The fourth-order valence-electron chi connectivity index (χ4n) is 0.561. The predicted octanol–water partition coefficient (Wildman–Crippen LogP) is 2.07. The number of unbranched alkanes of at least 4 members (excludes halogenated alkanes) is 2. The number of hydrogen-bond donors (Lipinski definition) is 0. The molecule has 0 heterocycles. The zero-order valence-electron chi connectivity index (χ0n) is 5.35. The summed E-state index contributed by atoms with van der Waals surface area (Å²) < 4.78 is 0. The van der Waals surface area contributed by atoms with E-state index >= 15 is 0 Å². The summed E-state index contributed by atoms with van der Waals surface area (Å²) in [6, 6.07) is 0. The first-order chi connectivity index (χ1) is 3.91. The summed E-state index contributed by atoms with van der Waals surface area (Å²) in [7, 11) is 0.119. The third kappa shape index (κ3) is 5.92. The minimum absolute atomic E-state index is 0.119. The Bertz CT molecular complexity index is 75.1. The van der Waals surface area contributed by atoms with E-state index in [-0.39, 0.29) is 8.58 Å². The summed E-state index contributed by atoms with van der Waals surface area (Å²) in [6.45, 7) is 2.18. The van der Waals surface area contributed by atoms with Gasteiger partial charge in [-0.05, 0) is 6.42 Å². The van der Waals surface area contributed by atoms with Crippen molar-refractivity contribution in [2.24, 2.45) is 0 Å². The fourth-order valence-corrected chi connectivity index (χ4v) is 1.18. The summed E-state index contributed by atoms with van der Waals surface area (Å²) >= 11 is 0. The van der Waals surface area contributed by atoms with E-state index in [1.54, 1.807) is 0 Å². The molecule has 0 saturated carbocycles. The summed E-state index contributed by atoms with van der Waals surface area (Å²) in [5.41, 5.74) is 0. The van der Waals surface area contributed by atoms with Gasteiger partial charge in [0.25, 0.3) is 0 Å². The molecule has 0 spiro atoms. The van der Waals surface area contributed by atoms with Crippen LogP contribution in [0.3, 0.4) is 0 Å². The molecule has 2 heteroatoms. The fraction of sp³-hybridized carbons (Fsp3) is 0.833. The molecular formula is C6H13NP+. The van der Waals surface area contributed by atoms with Crippen LogP contribution in [-0.4, -0.2) is 6.16 Å². The van der Waals surface area contributed by atoms with Crippen molar-refractivity contribution in [2.75, 3.05) is 6.16 Å². The van der Waals surface area contributed by atoms with E-state index in [0.717, 1.165) is 0 Å². The van der Waals surface area contributed by atoms with Gasteiger partial charge in [-0.3, -0.25) is 0 Å². The molecular weight excluding hydrogens is 117 g/mol. The van der Waals surface area contributed by atoms with Crippen LogP contribution < -0.4 is 0 Å². The summed E-state index contributed by atoms with van der Waals surface area (Å²) in [5.74, 6) is 2.21. The highest BCUT2D eigenvalue weighted by molar-refractivity contribution is 7.43. The van der Waals surface area contributed by atoms with Crippen molar-refractivity contribution in [3.05, 3.63) is 0 Å². The van der Waals surface area contributed by atoms with Crippen molar-refractivity contribution in [1.82, 2.24) is 0 Å². The highest BCUT2D eigenvalue weighted by Crippen LogP contribution is 2.09. The van der Waals surface area contributed by atoms with Gasteiger partial charge in [-0.25, -0.2) is 0 Å². The lowest BCUT2D eigenvalue weighted by Gasteiger charge is -1.85. The molecule has 0 aromatic carbocycles. The number of nitrogens with zero attached hydrogens (tertiary/aromatic N) is 1. The molecule has 0 amide bonds. The molecule has 0 saturated heterocycles. The lowest BCUT2D eigenvalue weighted by atomic mass is 10.3. The van der Waals surface area contributed by atoms with Gasteiger partial charge in [0.1, 0.15) is 0 Å². The second-order valence-corrected chi connectivity index (χ2v) is 3.07. The van der Waals surface area contributed by atoms with Gasteiger partial charge in [0, 0.05) is 0 Å². The normalized spacial score (nSPS) is 10.0. The number of hydrogen-bond acceptors (Lipinski definition) is 1. The maximum Gasteiger partial charge on any atom is 0.232 e. The Morgan fingerprint density at radius 3 is 2.75 bits per heavy atom. The molecule has 0 N–H and O–H groups in total. The summed E-state index contributed by atoms with van der Waals surface area (Å²) in [4.78, 5) is 0. The average Bonchev–Trinajstić information content (AvgIpc) is 1.81. The van der Waals surface area contributed by atoms with E-state index in [4.69, 9.17) is 5.26 Å². The van der Waals surface area contributed by atoms with Crippen LogP contribution in [0.4, 0.5) is 0 Å². The lowest BCUT2D eigenvalue weighted by molar-refractivity contribution is 0.778. The van der Waals surface area contributed by atoms with Crippen molar-refractivity contribution in [1.29, 1.82) is 5.26 Å². The van der Waals surface area contributed by atoms with Gasteiger partial charge in [-0.1, -0.05) is 19.8 Å². The van der Waals surface area contributed by atoms with Gasteiger partial charge < -0.3 is 0 Å². The standard InChI is InChI=1S/C6H12NP/c1-2-3-4-5-8-6-7/h8H,2-5H2,1H3/p+1. The third-order valence-electron chi connectivity index (χ3n) is 1.04. The Balaban J connectivity index is 2.65. The molecule has 1 atom stereocenters. The first-order valence-electron chi connectivity index (χ1n) is 3.13. The third-order valence-corrected chi connectivity index (χ3v) is 1.92. The zero-order valence-corrected chi connectivity index (χ0v) is 6.51. The molecule has 1 unspecified atom stereocenters. The molecule has 0 aromatic rings. The van der Waals surface area contributed by atoms with Gasteiger partial charge >= 0.3 is 0 Å². The van der Waals surface area contributed by atoms with E-state index in [0.29, 0.717) is 0 Å². The van der Waals surface area contributed by atoms with Gasteiger partial charge in [0.2, 0.25) is 5.81 Å². The summed E-state index contributed by atoms with van der Waals surface area (Å²) in [6.07, 6.45) is 5.00. The molecule has 1 nitrogen and oxygen atoms in total. The van der Waals surface area contributed by atoms with Crippen LogP contribution >= 0.6 is 8.58 Å². The highest BCUT2D eigenvalue weighted by atomic mass is 31.1. The Morgan fingerprint density at radius 2 is 2.25 bits per heavy atom. The SMILES string of the molecule is CCCCC[PH2+]C#N. The second kappa shape index (κ2) is 6.92. The second-order valence-electron chi connectivity index (χ2n) is 1.83. The quantitative estimate of drug-likeness (QED) is 0.422. The molecule has 0 aliphatic heterocycles. The minimum Gasteiger partial charge on any atom is -0.152 e. The smallest absolute Gasteiger partial charge is 0.152 e. The molecule has 8 heavy (non-hydrogen) atoms.